The average molecular weight is 404 g/mol. The molecule has 26 heavy (non-hydrogen) atoms. The second-order valence-electron chi connectivity index (χ2n) is 5.24. The summed E-state index contributed by atoms with van der Waals surface area (Å²) in [6.07, 6.45) is -4.64. The summed E-state index contributed by atoms with van der Waals surface area (Å²) >= 11 is 9.55. The molecule has 3 N–H and O–H groups in total. The van der Waals surface area contributed by atoms with Gasteiger partial charge in [0.05, 0.1) is 17.1 Å². The van der Waals surface area contributed by atoms with Crippen LogP contribution >= 0.6 is 24.4 Å². The second kappa shape index (κ2) is 7.88. The number of urea groups is 1. The van der Waals surface area contributed by atoms with E-state index in [0.717, 1.165) is 16.4 Å². The molecule has 0 saturated heterocycles. The smallest absolute Gasteiger partial charge is 0.366 e. The summed E-state index contributed by atoms with van der Waals surface area (Å²) < 4.78 is 39.5. The number of halogens is 4. The number of primary amides is 1. The lowest BCUT2D eigenvalue weighted by Crippen LogP contribution is -2.27. The van der Waals surface area contributed by atoms with Gasteiger partial charge < -0.3 is 11.1 Å². The molecule has 2 aromatic rings. The number of benzene rings is 2. The van der Waals surface area contributed by atoms with Crippen molar-refractivity contribution in [2.45, 2.75) is 12.7 Å². The van der Waals surface area contributed by atoms with Gasteiger partial charge in [-0.1, -0.05) is 36.5 Å². The molecular formula is C16H13ClF3N3O2S. The van der Waals surface area contributed by atoms with Crippen LogP contribution in [0.4, 0.5) is 23.7 Å². The molecule has 10 heteroatoms. The Hall–Kier alpha value is -2.39. The topological polar surface area (TPSA) is 75.4 Å². The van der Waals surface area contributed by atoms with Crippen LogP contribution < -0.4 is 11.1 Å². The number of rotatable bonds is 4. The molecule has 0 aliphatic rings. The van der Waals surface area contributed by atoms with E-state index in [1.54, 1.807) is 12.1 Å². The zero-order valence-electron chi connectivity index (χ0n) is 13.0. The van der Waals surface area contributed by atoms with Gasteiger partial charge in [-0.05, 0) is 35.9 Å². The molecule has 0 unspecified atom stereocenters. The number of anilines is 1. The molecule has 0 saturated carbocycles. The third-order valence-electron chi connectivity index (χ3n) is 3.33. The third-order valence-corrected chi connectivity index (χ3v) is 3.98. The molecule has 0 fully saturated rings. The van der Waals surface area contributed by atoms with E-state index in [9.17, 15) is 22.8 Å². The molecule has 0 bridgehead atoms. The largest absolute Gasteiger partial charge is 0.417 e. The molecule has 0 heterocycles. The van der Waals surface area contributed by atoms with Crippen LogP contribution in [0, 0.1) is 0 Å². The number of nitrogens with two attached hydrogens (primary N) is 1. The molecule has 0 aliphatic heterocycles. The fourth-order valence-electron chi connectivity index (χ4n) is 2.03. The number of carbonyl (C=O) groups is 2. The molecule has 2 aromatic carbocycles. The maximum absolute atomic E-state index is 12.8. The van der Waals surface area contributed by atoms with Gasteiger partial charge in [-0.15, -0.1) is 0 Å². The highest BCUT2D eigenvalue weighted by Gasteiger charge is 2.33. The zero-order chi connectivity index (χ0) is 19.5. The molecule has 5 nitrogen and oxygen atoms in total. The Bertz CT molecular complexity index is 828. The van der Waals surface area contributed by atoms with Gasteiger partial charge in [0.15, 0.2) is 0 Å². The minimum atomic E-state index is -4.64. The maximum atomic E-state index is 12.8. The summed E-state index contributed by atoms with van der Waals surface area (Å²) in [4.78, 5) is 23.1. The minimum Gasteiger partial charge on any atom is -0.366 e. The Labute approximate surface area is 157 Å². The summed E-state index contributed by atoms with van der Waals surface area (Å²) in [5.74, 6) is -0.583. The number of amides is 3. The van der Waals surface area contributed by atoms with Crippen molar-refractivity contribution in [1.29, 1.82) is 0 Å². The van der Waals surface area contributed by atoms with Gasteiger partial charge in [0.2, 0.25) is 5.91 Å². The summed E-state index contributed by atoms with van der Waals surface area (Å²) in [6, 6.07) is 8.45. The summed E-state index contributed by atoms with van der Waals surface area (Å²) in [7, 11) is 0. The number of carbonyl (C=O) groups excluding carboxylic acids is 2. The van der Waals surface area contributed by atoms with Crippen molar-refractivity contribution in [3.63, 3.8) is 0 Å². The quantitative estimate of drug-likeness (QED) is 0.664. The fraction of sp³-hybridized carbons (Fsp3) is 0.125. The second-order valence-corrected chi connectivity index (χ2v) is 6.13. The highest BCUT2D eigenvalue weighted by molar-refractivity contribution is 7.78. The average Bonchev–Trinajstić information content (AvgIpc) is 2.56. The number of nitrogens with zero attached hydrogens (tertiary/aromatic N) is 1. The minimum absolute atomic E-state index is 0.0493. The highest BCUT2D eigenvalue weighted by atomic mass is 35.5. The Morgan fingerprint density at radius 3 is 2.31 bits per heavy atom. The van der Waals surface area contributed by atoms with Crippen molar-refractivity contribution >= 4 is 42.0 Å². The standard InChI is InChI=1S/C16H13ClF3N3O2S/c17-13-6-5-11(7-12(13)16(18,19)20)22-15(25)23(26)8-9-1-3-10(4-2-9)14(21)24/h1-7,26H,8H2,(H2,21,24)(H,22,25). The van der Waals surface area contributed by atoms with Crippen LogP contribution in [0.3, 0.4) is 0 Å². The number of hydrogen-bond donors (Lipinski definition) is 3. The van der Waals surface area contributed by atoms with Crippen LogP contribution in [0.1, 0.15) is 21.5 Å². The van der Waals surface area contributed by atoms with Gasteiger partial charge in [-0.2, -0.15) is 13.2 Å². The van der Waals surface area contributed by atoms with Gasteiger partial charge in [-0.25, -0.2) is 4.79 Å². The number of alkyl halides is 3. The number of thiol groups is 1. The third kappa shape index (κ3) is 5.06. The van der Waals surface area contributed by atoms with E-state index in [1.807, 2.05) is 0 Å². The lowest BCUT2D eigenvalue weighted by Gasteiger charge is -2.18. The Kier molecular flexibility index (Phi) is 6.04. The molecule has 2 rings (SSSR count). The van der Waals surface area contributed by atoms with E-state index in [2.05, 4.69) is 18.1 Å². The first-order valence-corrected chi connectivity index (χ1v) is 7.88. The van der Waals surface area contributed by atoms with E-state index < -0.39 is 28.7 Å². The molecular weight excluding hydrogens is 391 g/mol. The Morgan fingerprint density at radius 2 is 1.77 bits per heavy atom. The first-order chi connectivity index (χ1) is 12.1. The lowest BCUT2D eigenvalue weighted by molar-refractivity contribution is -0.137. The summed E-state index contributed by atoms with van der Waals surface area (Å²) in [5.41, 5.74) is 4.96. The highest BCUT2D eigenvalue weighted by Crippen LogP contribution is 2.36. The van der Waals surface area contributed by atoms with Crippen LogP contribution in [0.25, 0.3) is 0 Å². The summed E-state index contributed by atoms with van der Waals surface area (Å²) in [6.45, 7) is 0.0493. The van der Waals surface area contributed by atoms with Crippen LogP contribution in [-0.2, 0) is 12.7 Å². The van der Waals surface area contributed by atoms with Gasteiger partial charge in [0.25, 0.3) is 0 Å². The van der Waals surface area contributed by atoms with Crippen molar-refractivity contribution in [3.8, 4) is 0 Å². The molecule has 0 radical (unpaired) electrons. The van der Waals surface area contributed by atoms with Crippen molar-refractivity contribution in [2.75, 3.05) is 5.32 Å². The first kappa shape index (κ1) is 19.9. The number of hydrogen-bond acceptors (Lipinski definition) is 3. The predicted molar refractivity (Wildman–Crippen MR) is 95.0 cm³/mol. The molecule has 3 amide bonds. The van der Waals surface area contributed by atoms with Gasteiger partial charge >= 0.3 is 12.2 Å². The van der Waals surface area contributed by atoms with Crippen molar-refractivity contribution in [3.05, 3.63) is 64.2 Å². The van der Waals surface area contributed by atoms with E-state index in [1.165, 1.54) is 18.2 Å². The maximum Gasteiger partial charge on any atom is 0.417 e. The number of nitrogens with one attached hydrogen (secondary N) is 1. The lowest BCUT2D eigenvalue weighted by atomic mass is 10.1. The van der Waals surface area contributed by atoms with Gasteiger partial charge in [0, 0.05) is 11.3 Å². The van der Waals surface area contributed by atoms with Crippen molar-refractivity contribution < 1.29 is 22.8 Å². The molecule has 138 valence electrons. The monoisotopic (exact) mass is 403 g/mol. The fourth-order valence-corrected chi connectivity index (χ4v) is 2.47. The van der Waals surface area contributed by atoms with Crippen molar-refractivity contribution in [2.24, 2.45) is 5.73 Å². The molecule has 0 atom stereocenters. The van der Waals surface area contributed by atoms with E-state index in [0.29, 0.717) is 11.1 Å². The predicted octanol–water partition coefficient (Wildman–Crippen LogP) is 4.34. The normalized spacial score (nSPS) is 11.1. The van der Waals surface area contributed by atoms with Crippen LogP contribution in [0.5, 0.6) is 0 Å². The first-order valence-electron chi connectivity index (χ1n) is 7.11. The molecule has 0 spiro atoms. The van der Waals surface area contributed by atoms with E-state index >= 15 is 0 Å². The van der Waals surface area contributed by atoms with Gasteiger partial charge in [-0.3, -0.25) is 9.10 Å². The summed E-state index contributed by atoms with van der Waals surface area (Å²) in [5, 5.41) is 1.84. The van der Waals surface area contributed by atoms with E-state index in [4.69, 9.17) is 17.3 Å². The zero-order valence-corrected chi connectivity index (χ0v) is 14.7. The Morgan fingerprint density at radius 1 is 1.15 bits per heavy atom. The molecule has 0 aromatic heterocycles. The van der Waals surface area contributed by atoms with E-state index in [-0.39, 0.29) is 12.2 Å². The van der Waals surface area contributed by atoms with Crippen LogP contribution in [0.2, 0.25) is 5.02 Å². The molecule has 0 aliphatic carbocycles. The van der Waals surface area contributed by atoms with Crippen molar-refractivity contribution in [1.82, 2.24) is 4.31 Å². The Balaban J connectivity index is 2.06. The van der Waals surface area contributed by atoms with Crippen LogP contribution in [-0.4, -0.2) is 16.2 Å². The van der Waals surface area contributed by atoms with Crippen LogP contribution in [0.15, 0.2) is 42.5 Å². The SMILES string of the molecule is NC(=O)c1ccc(CN(S)C(=O)Nc2ccc(Cl)c(C(F)(F)F)c2)cc1. The van der Waals surface area contributed by atoms with Gasteiger partial charge in [0.1, 0.15) is 0 Å².